The normalized spacial score (nSPS) is 10.9. The van der Waals surface area contributed by atoms with Crippen LogP contribution in [-0.2, 0) is 4.74 Å². The van der Waals surface area contributed by atoms with Gasteiger partial charge < -0.3 is 9.72 Å². The van der Waals surface area contributed by atoms with Gasteiger partial charge >= 0.3 is 6.09 Å². The SMILES string of the molecule is CC(C)(C)OC(=O)Nc1cc(=S)nc[nH]1. The topological polar surface area (TPSA) is 67.0 Å². The molecule has 82 valence electrons. The molecule has 0 unspecified atom stereocenters. The molecule has 0 aromatic carbocycles. The molecule has 5 nitrogen and oxygen atoms in total. The number of carbonyl (C=O) groups is 1. The van der Waals surface area contributed by atoms with Crippen molar-refractivity contribution in [1.29, 1.82) is 0 Å². The van der Waals surface area contributed by atoms with Crippen molar-refractivity contribution in [2.45, 2.75) is 26.4 Å². The molecule has 0 radical (unpaired) electrons. The van der Waals surface area contributed by atoms with Gasteiger partial charge in [0, 0.05) is 6.07 Å². The van der Waals surface area contributed by atoms with Crippen molar-refractivity contribution in [3.8, 4) is 0 Å². The molecule has 0 spiro atoms. The first-order valence-electron chi connectivity index (χ1n) is 4.41. The number of rotatable bonds is 1. The highest BCUT2D eigenvalue weighted by Crippen LogP contribution is 2.09. The minimum absolute atomic E-state index is 0.403. The van der Waals surface area contributed by atoms with E-state index in [2.05, 4.69) is 15.3 Å². The molecule has 1 aromatic heterocycles. The quantitative estimate of drug-likeness (QED) is 0.723. The predicted molar refractivity (Wildman–Crippen MR) is 59.3 cm³/mol. The molecular weight excluding hydrogens is 214 g/mol. The maximum absolute atomic E-state index is 11.3. The van der Waals surface area contributed by atoms with Crippen LogP contribution < -0.4 is 5.32 Å². The van der Waals surface area contributed by atoms with Crippen LogP contribution in [0.5, 0.6) is 0 Å². The van der Waals surface area contributed by atoms with Gasteiger partial charge in [-0.1, -0.05) is 12.2 Å². The highest BCUT2D eigenvalue weighted by Gasteiger charge is 2.16. The Balaban J connectivity index is 2.63. The molecule has 15 heavy (non-hydrogen) atoms. The van der Waals surface area contributed by atoms with Gasteiger partial charge in [0.2, 0.25) is 0 Å². The molecule has 0 aliphatic carbocycles. The van der Waals surface area contributed by atoms with E-state index in [4.69, 9.17) is 17.0 Å². The van der Waals surface area contributed by atoms with E-state index in [1.165, 1.54) is 6.33 Å². The van der Waals surface area contributed by atoms with Crippen LogP contribution in [-0.4, -0.2) is 21.7 Å². The van der Waals surface area contributed by atoms with Gasteiger partial charge in [-0.3, -0.25) is 5.32 Å². The number of amides is 1. The van der Waals surface area contributed by atoms with E-state index in [1.807, 2.05) is 0 Å². The van der Waals surface area contributed by atoms with Crippen molar-refractivity contribution in [2.24, 2.45) is 0 Å². The summed E-state index contributed by atoms with van der Waals surface area (Å²) in [6.45, 7) is 5.38. The Bertz CT molecular complexity index is 408. The summed E-state index contributed by atoms with van der Waals surface area (Å²) in [6, 6.07) is 1.54. The molecule has 0 saturated heterocycles. The summed E-state index contributed by atoms with van der Waals surface area (Å²) in [5, 5.41) is 2.52. The highest BCUT2D eigenvalue weighted by molar-refractivity contribution is 7.71. The number of ether oxygens (including phenoxy) is 1. The third-order valence-corrected chi connectivity index (χ3v) is 1.54. The molecule has 0 fully saturated rings. The molecule has 1 aromatic rings. The summed E-state index contributed by atoms with van der Waals surface area (Å²) >= 11 is 4.84. The van der Waals surface area contributed by atoms with E-state index in [0.29, 0.717) is 10.5 Å². The minimum atomic E-state index is -0.528. The Hall–Kier alpha value is -1.43. The third-order valence-electron chi connectivity index (χ3n) is 1.32. The van der Waals surface area contributed by atoms with E-state index >= 15 is 0 Å². The van der Waals surface area contributed by atoms with Crippen molar-refractivity contribution in [3.63, 3.8) is 0 Å². The Labute approximate surface area is 92.9 Å². The first kappa shape index (κ1) is 11.6. The monoisotopic (exact) mass is 227 g/mol. The van der Waals surface area contributed by atoms with Crippen molar-refractivity contribution >= 4 is 24.1 Å². The number of carbonyl (C=O) groups excluding carboxylic acids is 1. The molecule has 6 heteroatoms. The van der Waals surface area contributed by atoms with Crippen LogP contribution in [0.4, 0.5) is 10.6 Å². The lowest BCUT2D eigenvalue weighted by Gasteiger charge is -2.19. The molecule has 1 amide bonds. The van der Waals surface area contributed by atoms with Gasteiger partial charge in [0.25, 0.3) is 0 Å². The number of hydrogen-bond acceptors (Lipinski definition) is 4. The van der Waals surface area contributed by atoms with E-state index in [9.17, 15) is 4.79 Å². The van der Waals surface area contributed by atoms with Crippen LogP contribution in [0, 0.1) is 4.64 Å². The van der Waals surface area contributed by atoms with Crippen molar-refractivity contribution in [2.75, 3.05) is 5.32 Å². The fourth-order valence-electron chi connectivity index (χ4n) is 0.854. The minimum Gasteiger partial charge on any atom is -0.444 e. The van der Waals surface area contributed by atoms with Crippen LogP contribution in [0.1, 0.15) is 20.8 Å². The van der Waals surface area contributed by atoms with Crippen LogP contribution in [0.2, 0.25) is 0 Å². The zero-order valence-electron chi connectivity index (χ0n) is 8.83. The maximum Gasteiger partial charge on any atom is 0.413 e. The zero-order chi connectivity index (χ0) is 11.5. The van der Waals surface area contributed by atoms with Crippen molar-refractivity contribution in [3.05, 3.63) is 17.0 Å². The number of nitrogens with zero attached hydrogens (tertiary/aromatic N) is 1. The van der Waals surface area contributed by atoms with E-state index in [1.54, 1.807) is 26.8 Å². The van der Waals surface area contributed by atoms with Crippen molar-refractivity contribution < 1.29 is 9.53 Å². The first-order valence-corrected chi connectivity index (χ1v) is 4.82. The average molecular weight is 227 g/mol. The van der Waals surface area contributed by atoms with Crippen LogP contribution in [0.25, 0.3) is 0 Å². The maximum atomic E-state index is 11.3. The van der Waals surface area contributed by atoms with Gasteiger partial charge in [0.15, 0.2) is 0 Å². The fraction of sp³-hybridized carbons (Fsp3) is 0.444. The van der Waals surface area contributed by atoms with E-state index < -0.39 is 11.7 Å². The summed E-state index contributed by atoms with van der Waals surface area (Å²) in [5.41, 5.74) is -0.520. The van der Waals surface area contributed by atoms with Crippen LogP contribution in [0.15, 0.2) is 12.4 Å². The molecule has 0 aliphatic heterocycles. The Morgan fingerprint density at radius 1 is 1.60 bits per heavy atom. The van der Waals surface area contributed by atoms with Crippen LogP contribution >= 0.6 is 12.2 Å². The third kappa shape index (κ3) is 4.55. The van der Waals surface area contributed by atoms with Gasteiger partial charge in [-0.05, 0) is 20.8 Å². The van der Waals surface area contributed by atoms with Crippen molar-refractivity contribution in [1.82, 2.24) is 9.97 Å². The highest BCUT2D eigenvalue weighted by atomic mass is 32.1. The van der Waals surface area contributed by atoms with Gasteiger partial charge in [0.05, 0.1) is 6.33 Å². The second-order valence-electron chi connectivity index (χ2n) is 3.93. The van der Waals surface area contributed by atoms with Gasteiger partial charge in [-0.2, -0.15) is 0 Å². The Kier molecular flexibility index (Phi) is 3.41. The lowest BCUT2D eigenvalue weighted by atomic mass is 10.2. The fourth-order valence-corrected chi connectivity index (χ4v) is 1.02. The molecule has 0 aliphatic rings. The molecule has 1 rings (SSSR count). The molecule has 0 saturated carbocycles. The number of H-pyrrole nitrogens is 1. The zero-order valence-corrected chi connectivity index (χ0v) is 9.64. The lowest BCUT2D eigenvalue weighted by molar-refractivity contribution is 0.0635. The average Bonchev–Trinajstić information content (AvgIpc) is 1.99. The number of hydrogen-bond donors (Lipinski definition) is 2. The largest absolute Gasteiger partial charge is 0.444 e. The second kappa shape index (κ2) is 4.39. The molecule has 0 bridgehead atoms. The van der Waals surface area contributed by atoms with E-state index in [-0.39, 0.29) is 0 Å². The summed E-state index contributed by atoms with van der Waals surface area (Å²) in [7, 11) is 0. The van der Waals surface area contributed by atoms with Crippen LogP contribution in [0.3, 0.4) is 0 Å². The lowest BCUT2D eigenvalue weighted by Crippen LogP contribution is -2.27. The van der Waals surface area contributed by atoms with Gasteiger partial charge in [-0.25, -0.2) is 9.78 Å². The second-order valence-corrected chi connectivity index (χ2v) is 4.34. The molecule has 0 atom stereocenters. The van der Waals surface area contributed by atoms with E-state index in [0.717, 1.165) is 0 Å². The summed E-state index contributed by atoms with van der Waals surface area (Å²) in [5.74, 6) is 0.462. The number of anilines is 1. The summed E-state index contributed by atoms with van der Waals surface area (Å²) < 4.78 is 5.46. The summed E-state index contributed by atoms with van der Waals surface area (Å²) in [6.07, 6.45) is 0.883. The summed E-state index contributed by atoms with van der Waals surface area (Å²) in [4.78, 5) is 17.9. The number of aromatic nitrogens is 2. The molecule has 2 N–H and O–H groups in total. The molecular formula is C9H13N3O2S. The number of nitrogens with one attached hydrogen (secondary N) is 2. The predicted octanol–water partition coefficient (Wildman–Crippen LogP) is 2.49. The smallest absolute Gasteiger partial charge is 0.413 e. The van der Waals surface area contributed by atoms with Gasteiger partial charge in [0.1, 0.15) is 16.1 Å². The number of aromatic amines is 1. The Morgan fingerprint density at radius 3 is 2.80 bits per heavy atom. The standard InChI is InChI=1S/C9H13N3O2S/c1-9(2,3)14-8(13)12-6-4-7(15)11-5-10-6/h4-5H,1-3H3,(H2,10,11,12,13,15). The molecule has 1 heterocycles. The first-order chi connectivity index (χ1) is 6.87. The van der Waals surface area contributed by atoms with Gasteiger partial charge in [-0.15, -0.1) is 0 Å². The Morgan fingerprint density at radius 2 is 2.27 bits per heavy atom.